The summed E-state index contributed by atoms with van der Waals surface area (Å²) in [5.74, 6) is 1.98. The SMILES string of the molecule is CCNC(=NCC(O)c1ccc(OC)c(OC)c1)NC1CCN(Cc2ccccc2)CC1.I. The number of nitrogens with zero attached hydrogens (tertiary/aromatic N) is 2. The van der Waals surface area contributed by atoms with Crippen molar-refractivity contribution >= 4 is 29.9 Å². The molecule has 7 nitrogen and oxygen atoms in total. The molecule has 0 aromatic heterocycles. The Balaban J connectivity index is 0.00000385. The van der Waals surface area contributed by atoms with E-state index in [0.29, 0.717) is 17.5 Å². The Morgan fingerprint density at radius 1 is 1.09 bits per heavy atom. The number of aliphatic hydroxyl groups excluding tert-OH is 1. The van der Waals surface area contributed by atoms with Crippen molar-refractivity contribution < 1.29 is 14.6 Å². The molecule has 182 valence electrons. The van der Waals surface area contributed by atoms with Crippen molar-refractivity contribution in [2.45, 2.75) is 38.5 Å². The van der Waals surface area contributed by atoms with E-state index < -0.39 is 6.10 Å². The molecule has 1 atom stereocenters. The monoisotopic (exact) mass is 568 g/mol. The molecule has 2 aromatic rings. The molecule has 1 heterocycles. The molecular weight excluding hydrogens is 531 g/mol. The minimum Gasteiger partial charge on any atom is -0.493 e. The van der Waals surface area contributed by atoms with Crippen molar-refractivity contribution in [3.8, 4) is 11.5 Å². The van der Waals surface area contributed by atoms with Crippen molar-refractivity contribution in [2.24, 2.45) is 4.99 Å². The minimum absolute atomic E-state index is 0. The first-order valence-corrected chi connectivity index (χ1v) is 11.3. The molecule has 1 fully saturated rings. The van der Waals surface area contributed by atoms with E-state index in [9.17, 15) is 5.11 Å². The third kappa shape index (κ3) is 8.35. The second kappa shape index (κ2) is 14.3. The summed E-state index contributed by atoms with van der Waals surface area (Å²) in [6.45, 7) is 6.19. The van der Waals surface area contributed by atoms with E-state index in [1.165, 1.54) is 5.56 Å². The zero-order chi connectivity index (χ0) is 22.8. The fourth-order valence-electron chi connectivity index (χ4n) is 3.93. The van der Waals surface area contributed by atoms with Crippen molar-refractivity contribution in [1.29, 1.82) is 0 Å². The van der Waals surface area contributed by atoms with Crippen LogP contribution in [0.5, 0.6) is 11.5 Å². The molecule has 0 radical (unpaired) electrons. The van der Waals surface area contributed by atoms with Gasteiger partial charge in [0.1, 0.15) is 0 Å². The maximum absolute atomic E-state index is 10.6. The minimum atomic E-state index is -0.724. The Labute approximate surface area is 214 Å². The third-order valence-corrected chi connectivity index (χ3v) is 5.74. The summed E-state index contributed by atoms with van der Waals surface area (Å²) in [5.41, 5.74) is 2.11. The van der Waals surface area contributed by atoms with E-state index in [4.69, 9.17) is 9.47 Å². The van der Waals surface area contributed by atoms with Crippen molar-refractivity contribution in [2.75, 3.05) is 40.4 Å². The van der Waals surface area contributed by atoms with E-state index >= 15 is 0 Å². The number of ether oxygens (including phenoxy) is 2. The molecule has 0 spiro atoms. The number of hydrogen-bond acceptors (Lipinski definition) is 5. The highest BCUT2D eigenvalue weighted by atomic mass is 127. The molecular formula is C25H37IN4O3. The highest BCUT2D eigenvalue weighted by molar-refractivity contribution is 14.0. The first-order chi connectivity index (χ1) is 15.6. The van der Waals surface area contributed by atoms with Gasteiger partial charge in [0.25, 0.3) is 0 Å². The fraction of sp³-hybridized carbons (Fsp3) is 0.480. The number of nitrogens with one attached hydrogen (secondary N) is 2. The largest absolute Gasteiger partial charge is 0.493 e. The van der Waals surface area contributed by atoms with Crippen LogP contribution < -0.4 is 20.1 Å². The zero-order valence-electron chi connectivity index (χ0n) is 19.8. The summed E-state index contributed by atoms with van der Waals surface area (Å²) >= 11 is 0. The van der Waals surface area contributed by atoms with Gasteiger partial charge >= 0.3 is 0 Å². The molecule has 1 aliphatic rings. The van der Waals surface area contributed by atoms with Gasteiger partial charge in [-0.1, -0.05) is 36.4 Å². The first-order valence-electron chi connectivity index (χ1n) is 11.3. The van der Waals surface area contributed by atoms with Crippen molar-refractivity contribution in [3.05, 3.63) is 59.7 Å². The number of likely N-dealkylation sites (tertiary alicyclic amines) is 1. The number of hydrogen-bond donors (Lipinski definition) is 3. The van der Waals surface area contributed by atoms with E-state index in [2.05, 4.69) is 50.9 Å². The van der Waals surface area contributed by atoms with Gasteiger partial charge in [-0.05, 0) is 43.0 Å². The normalized spacial score (nSPS) is 15.9. The van der Waals surface area contributed by atoms with Gasteiger partial charge in [-0.15, -0.1) is 24.0 Å². The summed E-state index contributed by atoms with van der Waals surface area (Å²) in [6.07, 6.45) is 1.41. The van der Waals surface area contributed by atoms with Gasteiger partial charge in [0, 0.05) is 32.2 Å². The summed E-state index contributed by atoms with van der Waals surface area (Å²) < 4.78 is 10.6. The number of guanidine groups is 1. The topological polar surface area (TPSA) is 78.4 Å². The molecule has 0 amide bonds. The predicted octanol–water partition coefficient (Wildman–Crippen LogP) is 3.57. The Morgan fingerprint density at radius 3 is 2.42 bits per heavy atom. The van der Waals surface area contributed by atoms with Gasteiger partial charge in [-0.25, -0.2) is 0 Å². The fourth-order valence-corrected chi connectivity index (χ4v) is 3.93. The zero-order valence-corrected chi connectivity index (χ0v) is 22.1. The lowest BCUT2D eigenvalue weighted by Gasteiger charge is -2.33. The smallest absolute Gasteiger partial charge is 0.191 e. The highest BCUT2D eigenvalue weighted by Gasteiger charge is 2.20. The number of methoxy groups -OCH3 is 2. The van der Waals surface area contributed by atoms with Crippen LogP contribution in [-0.4, -0.2) is 62.4 Å². The van der Waals surface area contributed by atoms with Crippen molar-refractivity contribution in [3.63, 3.8) is 0 Å². The van der Waals surface area contributed by atoms with Gasteiger partial charge in [0.2, 0.25) is 0 Å². The Morgan fingerprint density at radius 2 is 1.79 bits per heavy atom. The van der Waals surface area contributed by atoms with Gasteiger partial charge in [0.15, 0.2) is 17.5 Å². The summed E-state index contributed by atoms with van der Waals surface area (Å²) in [4.78, 5) is 7.13. The average molecular weight is 569 g/mol. The van der Waals surface area contributed by atoms with Crippen LogP contribution in [0, 0.1) is 0 Å². The van der Waals surface area contributed by atoms with Gasteiger partial charge < -0.3 is 25.2 Å². The maximum Gasteiger partial charge on any atom is 0.191 e. The van der Waals surface area contributed by atoms with Gasteiger partial charge in [0.05, 0.1) is 26.9 Å². The molecule has 0 bridgehead atoms. The van der Waals surface area contributed by atoms with E-state index in [0.717, 1.165) is 50.5 Å². The molecule has 0 saturated carbocycles. The van der Waals surface area contributed by atoms with Crippen LogP contribution in [0.15, 0.2) is 53.5 Å². The molecule has 2 aromatic carbocycles. The number of aliphatic hydroxyl groups is 1. The molecule has 33 heavy (non-hydrogen) atoms. The molecule has 0 aliphatic carbocycles. The van der Waals surface area contributed by atoms with Crippen molar-refractivity contribution in [1.82, 2.24) is 15.5 Å². The second-order valence-electron chi connectivity index (χ2n) is 8.03. The lowest BCUT2D eigenvalue weighted by molar-refractivity contribution is 0.185. The molecule has 3 N–H and O–H groups in total. The predicted molar refractivity (Wildman–Crippen MR) is 144 cm³/mol. The van der Waals surface area contributed by atoms with E-state index in [1.54, 1.807) is 26.4 Å². The quantitative estimate of drug-likeness (QED) is 0.244. The second-order valence-corrected chi connectivity index (χ2v) is 8.03. The lowest BCUT2D eigenvalue weighted by Crippen LogP contribution is -2.48. The molecule has 3 rings (SSSR count). The summed E-state index contributed by atoms with van der Waals surface area (Å²) in [6, 6.07) is 16.4. The molecule has 1 aliphatic heterocycles. The van der Waals surface area contributed by atoms with Gasteiger partial charge in [-0.3, -0.25) is 9.89 Å². The average Bonchev–Trinajstić information content (AvgIpc) is 2.83. The highest BCUT2D eigenvalue weighted by Crippen LogP contribution is 2.30. The third-order valence-electron chi connectivity index (χ3n) is 5.74. The van der Waals surface area contributed by atoms with Crippen LogP contribution >= 0.6 is 24.0 Å². The van der Waals surface area contributed by atoms with Crippen LogP contribution in [0.25, 0.3) is 0 Å². The van der Waals surface area contributed by atoms with Crippen LogP contribution in [0.2, 0.25) is 0 Å². The lowest BCUT2D eigenvalue weighted by atomic mass is 10.0. The molecule has 1 saturated heterocycles. The Hall–Kier alpha value is -2.04. The summed E-state index contributed by atoms with van der Waals surface area (Å²) in [7, 11) is 3.18. The molecule has 8 heteroatoms. The van der Waals surface area contributed by atoms with Crippen LogP contribution in [0.4, 0.5) is 0 Å². The van der Waals surface area contributed by atoms with E-state index in [-0.39, 0.29) is 30.5 Å². The van der Waals surface area contributed by atoms with Crippen LogP contribution in [0.1, 0.15) is 37.0 Å². The van der Waals surface area contributed by atoms with Crippen LogP contribution in [-0.2, 0) is 6.54 Å². The molecule has 1 unspecified atom stereocenters. The number of benzene rings is 2. The van der Waals surface area contributed by atoms with Gasteiger partial charge in [-0.2, -0.15) is 0 Å². The number of halogens is 1. The van der Waals surface area contributed by atoms with E-state index in [1.807, 2.05) is 13.0 Å². The standard InChI is InChI=1S/C25H36N4O3.HI/c1-4-26-25(27-17-22(30)20-10-11-23(31-2)24(16-20)32-3)28-21-12-14-29(15-13-21)18-19-8-6-5-7-9-19;/h5-11,16,21-22,30H,4,12-15,17-18H2,1-3H3,(H2,26,27,28);1H. The summed E-state index contributed by atoms with van der Waals surface area (Å²) in [5, 5.41) is 17.5. The van der Waals surface area contributed by atoms with Crippen LogP contribution in [0.3, 0.4) is 0 Å². The number of rotatable bonds is 9. The first kappa shape index (κ1) is 27.2. The maximum atomic E-state index is 10.6. The Bertz CT molecular complexity index is 858. The Kier molecular flexibility index (Phi) is 11.8. The number of piperidine rings is 1. The number of aliphatic imine (C=N–C) groups is 1.